The van der Waals surface area contributed by atoms with E-state index in [0.717, 1.165) is 39.4 Å². The van der Waals surface area contributed by atoms with Gasteiger partial charge in [0.1, 0.15) is 48.0 Å². The van der Waals surface area contributed by atoms with Crippen molar-refractivity contribution in [2.75, 3.05) is 18.1 Å². The SMILES string of the molecule is CC(=O)O.CC(C)[C@H](NC(=O)[C@@H]1CSSC[C@H](NC(=O)[C@H](C)N)C(=O)N[C@@H](Cc2ccccc2)C(=O)N[C@@H](Cc2c[nH]c3ccccc23)C(=O)N[C@@H](CCCCN)C(=O)N[C@@H](Cc2ccc(O)cc2)C(=O)N1)C(=O)O. The molecule has 0 unspecified atom stereocenters. The van der Waals surface area contributed by atoms with Crippen LogP contribution in [0.1, 0.15) is 63.6 Å². The molecule has 4 aromatic rings. The number of benzene rings is 3. The van der Waals surface area contributed by atoms with Crippen LogP contribution in [-0.4, -0.2) is 140 Å². The lowest BCUT2D eigenvalue weighted by molar-refractivity contribution is -0.143. The lowest BCUT2D eigenvalue weighted by Crippen LogP contribution is -2.61. The molecule has 3 aromatic carbocycles. The van der Waals surface area contributed by atoms with Crippen LogP contribution in [-0.2, 0) is 62.4 Å². The summed E-state index contributed by atoms with van der Waals surface area (Å²) < 4.78 is 0. The highest BCUT2D eigenvalue weighted by atomic mass is 33.1. The van der Waals surface area contributed by atoms with Crippen molar-refractivity contribution in [2.45, 2.75) is 115 Å². The van der Waals surface area contributed by atoms with Gasteiger partial charge in [0, 0.05) is 54.8 Å². The van der Waals surface area contributed by atoms with E-state index in [9.17, 15) is 48.6 Å². The van der Waals surface area contributed by atoms with Gasteiger partial charge in [-0.05, 0) is 73.5 Å². The molecule has 0 spiro atoms. The number of hydrogen-bond acceptors (Lipinski definition) is 14. The van der Waals surface area contributed by atoms with Crippen LogP contribution in [0.25, 0.3) is 10.9 Å². The predicted molar refractivity (Wildman–Crippen MR) is 285 cm³/mol. The summed E-state index contributed by atoms with van der Waals surface area (Å²) in [5, 5.41) is 47.2. The summed E-state index contributed by atoms with van der Waals surface area (Å²) in [6, 6.07) is 11.7. The number of amides is 7. The van der Waals surface area contributed by atoms with E-state index in [1.165, 1.54) is 19.1 Å². The molecule has 24 heteroatoms. The van der Waals surface area contributed by atoms with Gasteiger partial charge in [-0.15, -0.1) is 0 Å². The number of carbonyl (C=O) groups excluding carboxylic acids is 7. The summed E-state index contributed by atoms with van der Waals surface area (Å²) in [5.74, 6) is -8.52. The number of fused-ring (bicyclic) bond motifs is 1. The fraction of sp³-hybridized carbons (Fsp3) is 0.431. The van der Waals surface area contributed by atoms with Gasteiger partial charge in [-0.3, -0.25) is 38.4 Å². The molecule has 1 aliphatic rings. The Balaban J connectivity index is 0.00000293. The van der Waals surface area contributed by atoms with E-state index in [2.05, 4.69) is 42.2 Å². The maximum atomic E-state index is 14.7. The van der Waals surface area contributed by atoms with E-state index in [1.54, 1.807) is 62.5 Å². The first kappa shape index (κ1) is 60.4. The quantitative estimate of drug-likeness (QED) is 0.0550. The molecule has 0 aliphatic carbocycles. The fourth-order valence-corrected chi connectivity index (χ4v) is 9.99. The van der Waals surface area contributed by atoms with Crippen molar-refractivity contribution in [1.82, 2.24) is 42.2 Å². The zero-order chi connectivity index (χ0) is 55.2. The van der Waals surface area contributed by atoms with Crippen LogP contribution in [0.4, 0.5) is 0 Å². The van der Waals surface area contributed by atoms with Gasteiger partial charge in [0.15, 0.2) is 0 Å². The molecule has 8 atom stereocenters. The first-order valence-electron chi connectivity index (χ1n) is 24.3. The Bertz CT molecular complexity index is 2580. The minimum absolute atomic E-state index is 0.0353. The first-order chi connectivity index (χ1) is 35.7. The molecular formula is C51H68N10O12S2. The number of nitrogens with two attached hydrogens (primary N) is 2. The summed E-state index contributed by atoms with van der Waals surface area (Å²) in [5.41, 5.74) is 14.3. The number of carboxylic acid groups (broad SMARTS) is 2. The van der Waals surface area contributed by atoms with Crippen molar-refractivity contribution in [1.29, 1.82) is 0 Å². The number of carbonyl (C=O) groups is 9. The molecular weight excluding hydrogens is 1010 g/mol. The lowest BCUT2D eigenvalue weighted by Gasteiger charge is -2.29. The minimum atomic E-state index is -1.42. The van der Waals surface area contributed by atoms with Gasteiger partial charge in [0.25, 0.3) is 5.97 Å². The zero-order valence-corrected chi connectivity index (χ0v) is 43.8. The summed E-state index contributed by atoms with van der Waals surface area (Å²) in [6.45, 7) is 5.99. The third-order valence-electron chi connectivity index (χ3n) is 11.7. The Morgan fingerprint density at radius 1 is 0.680 bits per heavy atom. The second kappa shape index (κ2) is 30.3. The Morgan fingerprint density at radius 2 is 1.20 bits per heavy atom. The third-order valence-corrected chi connectivity index (χ3v) is 14.1. The fourth-order valence-electron chi connectivity index (χ4n) is 7.66. The molecule has 75 heavy (non-hydrogen) atoms. The zero-order valence-electron chi connectivity index (χ0n) is 42.1. The molecule has 2 heterocycles. The number of carboxylic acids is 2. The molecule has 1 fully saturated rings. The van der Waals surface area contributed by atoms with E-state index in [-0.39, 0.29) is 49.5 Å². The van der Waals surface area contributed by atoms with Crippen LogP contribution >= 0.6 is 21.6 Å². The van der Waals surface area contributed by atoms with Gasteiger partial charge in [0.2, 0.25) is 41.4 Å². The van der Waals surface area contributed by atoms with E-state index in [4.69, 9.17) is 21.4 Å². The van der Waals surface area contributed by atoms with E-state index < -0.39 is 108 Å². The maximum absolute atomic E-state index is 14.7. The number of H-pyrrole nitrogens is 1. The lowest BCUT2D eigenvalue weighted by atomic mass is 10.0. The van der Waals surface area contributed by atoms with Gasteiger partial charge in [0.05, 0.1) is 6.04 Å². The van der Waals surface area contributed by atoms with E-state index in [1.807, 2.05) is 24.3 Å². The second-order valence-electron chi connectivity index (χ2n) is 18.2. The summed E-state index contributed by atoms with van der Waals surface area (Å²) >= 11 is 0. The molecule has 1 saturated heterocycles. The number of para-hydroxylation sites is 1. The normalized spacial score (nSPS) is 21.1. The van der Waals surface area contributed by atoms with Gasteiger partial charge in [-0.1, -0.05) is 96.1 Å². The predicted octanol–water partition coefficient (Wildman–Crippen LogP) is 0.998. The van der Waals surface area contributed by atoms with Gasteiger partial charge >= 0.3 is 5.97 Å². The van der Waals surface area contributed by atoms with Crippen molar-refractivity contribution < 1.29 is 58.5 Å². The van der Waals surface area contributed by atoms with Gasteiger partial charge in [-0.25, -0.2) is 4.79 Å². The highest BCUT2D eigenvalue weighted by Gasteiger charge is 2.36. The van der Waals surface area contributed by atoms with Crippen LogP contribution in [0.5, 0.6) is 5.75 Å². The molecule has 7 amide bonds. The minimum Gasteiger partial charge on any atom is -0.508 e. The van der Waals surface area contributed by atoms with Crippen LogP contribution in [0.15, 0.2) is 85.1 Å². The summed E-state index contributed by atoms with van der Waals surface area (Å²) in [6.07, 6.45) is 2.35. The van der Waals surface area contributed by atoms with Crippen molar-refractivity contribution in [2.24, 2.45) is 17.4 Å². The van der Waals surface area contributed by atoms with Crippen LogP contribution in [0.3, 0.4) is 0 Å². The Morgan fingerprint density at radius 3 is 1.79 bits per heavy atom. The number of aliphatic carboxylic acids is 2. The average molecular weight is 1080 g/mol. The van der Waals surface area contributed by atoms with Crippen molar-refractivity contribution in [3.63, 3.8) is 0 Å². The monoisotopic (exact) mass is 1080 g/mol. The molecule has 1 aliphatic heterocycles. The number of aromatic nitrogens is 1. The standard InChI is InChI=1S/C49H64N10O10S2.C2H4O2/c1-27(2)41(49(68)69)59-48(67)40-26-71-70-25-39(57-42(61)28(3)51)47(66)55-36(21-29-11-5-4-6-12-29)44(63)56-38(23-31-24-52-34-14-8-7-13-33(31)34)46(65)53-35(15-9-10-20-50)43(62)54-37(45(64)58-40)22-30-16-18-32(60)19-17-30;1-2(3)4/h4-8,11-14,16-19,24,27-28,35-41,52,60H,9-10,15,20-23,25-26,50-51H2,1-3H3,(H,53,65)(H,54,62)(H,55,66)(H,56,63)(H,57,61)(H,58,64)(H,59,67)(H,68,69);1H3,(H,3,4)/t28-,35-,36-,37-,38-,39-,40-,41-;/m0./s1. The maximum Gasteiger partial charge on any atom is 0.326 e. The highest BCUT2D eigenvalue weighted by molar-refractivity contribution is 8.76. The number of nitrogens with one attached hydrogen (secondary N) is 8. The Labute approximate surface area is 442 Å². The largest absolute Gasteiger partial charge is 0.508 e. The summed E-state index contributed by atoms with van der Waals surface area (Å²) in [7, 11) is 2.07. The van der Waals surface area contributed by atoms with Crippen molar-refractivity contribution >= 4 is 85.8 Å². The average Bonchev–Trinajstić information content (AvgIpc) is 3.77. The molecule has 1 aromatic heterocycles. The number of aromatic hydroxyl groups is 1. The topological polar surface area (TPSA) is 366 Å². The molecule has 22 nitrogen and oxygen atoms in total. The van der Waals surface area contributed by atoms with E-state index >= 15 is 0 Å². The smallest absolute Gasteiger partial charge is 0.326 e. The highest BCUT2D eigenvalue weighted by Crippen LogP contribution is 2.25. The summed E-state index contributed by atoms with van der Waals surface area (Å²) in [4.78, 5) is 124. The number of phenolic OH excluding ortho intramolecular Hbond substituents is 1. The molecule has 5 rings (SSSR count). The number of hydrogen-bond donors (Lipinski definition) is 13. The second-order valence-corrected chi connectivity index (χ2v) is 20.8. The molecule has 406 valence electrons. The van der Waals surface area contributed by atoms with Crippen LogP contribution < -0.4 is 48.7 Å². The van der Waals surface area contributed by atoms with E-state index in [0.29, 0.717) is 29.5 Å². The third kappa shape index (κ3) is 19.9. The Kier molecular flexibility index (Phi) is 24.4. The number of unbranched alkanes of at least 4 members (excludes halogenated alkanes) is 1. The van der Waals surface area contributed by atoms with Crippen LogP contribution in [0, 0.1) is 5.92 Å². The molecule has 15 N–H and O–H groups in total. The Hall–Kier alpha value is -7.15. The molecule has 0 radical (unpaired) electrons. The number of rotatable bonds is 16. The van der Waals surface area contributed by atoms with Gasteiger partial charge < -0.3 is 69.0 Å². The number of aromatic amines is 1. The van der Waals surface area contributed by atoms with Crippen molar-refractivity contribution in [3.05, 3.63) is 102 Å². The van der Waals surface area contributed by atoms with Gasteiger partial charge in [-0.2, -0.15) is 0 Å². The van der Waals surface area contributed by atoms with Crippen molar-refractivity contribution in [3.8, 4) is 5.75 Å². The molecule has 0 saturated carbocycles. The first-order valence-corrected chi connectivity index (χ1v) is 26.8. The molecule has 0 bridgehead atoms. The number of phenols is 1. The van der Waals surface area contributed by atoms with Crippen LogP contribution in [0.2, 0.25) is 0 Å².